The van der Waals surface area contributed by atoms with Crippen LogP contribution in [0.15, 0.2) is 35.2 Å². The number of carboxylic acid groups (broad SMARTS) is 1. The number of carboxylic acids is 1. The molecule has 0 aliphatic heterocycles. The third-order valence-corrected chi connectivity index (χ3v) is 5.72. The Morgan fingerprint density at radius 3 is 2.62 bits per heavy atom. The molecule has 0 saturated heterocycles. The van der Waals surface area contributed by atoms with Crippen molar-refractivity contribution in [1.82, 2.24) is 0 Å². The van der Waals surface area contributed by atoms with E-state index in [1.807, 2.05) is 0 Å². The number of hydrogen-bond acceptors (Lipinski definition) is 5. The van der Waals surface area contributed by atoms with Crippen molar-refractivity contribution in [2.45, 2.75) is 17.6 Å². The van der Waals surface area contributed by atoms with E-state index in [-0.39, 0.29) is 15.5 Å². The van der Waals surface area contributed by atoms with Gasteiger partial charge in [0.2, 0.25) is 0 Å². The van der Waals surface area contributed by atoms with Gasteiger partial charge < -0.3 is 9.84 Å². The van der Waals surface area contributed by atoms with E-state index in [1.165, 1.54) is 25.3 Å². The predicted molar refractivity (Wildman–Crippen MR) is 79.9 cm³/mol. The Balaban J connectivity index is 2.35. The second-order valence-electron chi connectivity index (χ2n) is 4.44. The molecular weight excluding hydrogens is 312 g/mol. The summed E-state index contributed by atoms with van der Waals surface area (Å²) in [5.41, 5.74) is 0.514. The Labute approximate surface area is 126 Å². The average Bonchev–Trinajstić information content (AvgIpc) is 2.80. The maximum Gasteiger partial charge on any atom is 0.345 e. The average molecular weight is 326 g/mol. The summed E-state index contributed by atoms with van der Waals surface area (Å²) in [6.45, 7) is 1.72. The zero-order valence-corrected chi connectivity index (χ0v) is 13.1. The maximum atomic E-state index is 12.4. The zero-order valence-electron chi connectivity index (χ0n) is 11.5. The molecule has 21 heavy (non-hydrogen) atoms. The lowest BCUT2D eigenvalue weighted by atomic mass is 10.3. The first-order chi connectivity index (χ1) is 9.83. The molecule has 0 aliphatic carbocycles. The minimum Gasteiger partial charge on any atom is -0.497 e. The molecule has 0 bridgehead atoms. The van der Waals surface area contributed by atoms with Gasteiger partial charge in [-0.15, -0.1) is 11.3 Å². The molecule has 0 amide bonds. The normalized spacial score (nSPS) is 11.3. The van der Waals surface area contributed by atoms with Gasteiger partial charge in [-0.25, -0.2) is 13.2 Å². The molecule has 2 rings (SSSR count). The number of hydrogen-bond donors (Lipinski definition) is 1. The fourth-order valence-electron chi connectivity index (χ4n) is 1.85. The van der Waals surface area contributed by atoms with Gasteiger partial charge >= 0.3 is 5.97 Å². The summed E-state index contributed by atoms with van der Waals surface area (Å²) in [5, 5.41) is 8.95. The number of thiophene rings is 1. The molecule has 0 unspecified atom stereocenters. The highest BCUT2D eigenvalue weighted by Crippen LogP contribution is 2.27. The summed E-state index contributed by atoms with van der Waals surface area (Å²) in [6, 6.07) is 7.64. The van der Waals surface area contributed by atoms with Crippen LogP contribution in [-0.4, -0.2) is 26.6 Å². The number of sulfone groups is 1. The van der Waals surface area contributed by atoms with Crippen LogP contribution in [0.5, 0.6) is 5.75 Å². The third kappa shape index (κ3) is 3.43. The number of carbonyl (C=O) groups is 1. The van der Waals surface area contributed by atoms with Gasteiger partial charge in [0.15, 0.2) is 9.84 Å². The van der Waals surface area contributed by atoms with Gasteiger partial charge in [-0.1, -0.05) is 6.07 Å². The highest BCUT2D eigenvalue weighted by Gasteiger charge is 2.20. The van der Waals surface area contributed by atoms with Crippen molar-refractivity contribution in [1.29, 1.82) is 0 Å². The monoisotopic (exact) mass is 326 g/mol. The number of ether oxygens (including phenoxy) is 1. The van der Waals surface area contributed by atoms with Crippen LogP contribution in [-0.2, 0) is 15.6 Å². The lowest BCUT2D eigenvalue weighted by molar-refractivity contribution is 0.0702. The van der Waals surface area contributed by atoms with Crippen molar-refractivity contribution >= 4 is 27.1 Å². The Kier molecular flexibility index (Phi) is 4.34. The Bertz CT molecular complexity index is 774. The van der Waals surface area contributed by atoms with Gasteiger partial charge in [0.1, 0.15) is 10.6 Å². The molecule has 0 aliphatic rings. The molecular formula is C14H14O5S2. The van der Waals surface area contributed by atoms with Gasteiger partial charge in [-0.3, -0.25) is 0 Å². The maximum absolute atomic E-state index is 12.4. The number of benzene rings is 1. The third-order valence-electron chi connectivity index (χ3n) is 2.98. The molecule has 0 radical (unpaired) electrons. The van der Waals surface area contributed by atoms with Crippen LogP contribution in [0.2, 0.25) is 0 Å². The summed E-state index contributed by atoms with van der Waals surface area (Å²) in [5.74, 6) is -0.812. The molecule has 0 fully saturated rings. The minimum absolute atomic E-state index is 0.142. The van der Waals surface area contributed by atoms with Crippen LogP contribution in [0.3, 0.4) is 0 Å². The topological polar surface area (TPSA) is 80.7 Å². The van der Waals surface area contributed by atoms with Crippen LogP contribution >= 0.6 is 11.3 Å². The van der Waals surface area contributed by atoms with Crippen LogP contribution in [0.4, 0.5) is 0 Å². The molecule has 5 nitrogen and oxygen atoms in total. The Morgan fingerprint density at radius 2 is 2.05 bits per heavy atom. The molecule has 0 atom stereocenters. The van der Waals surface area contributed by atoms with E-state index in [0.717, 1.165) is 11.3 Å². The number of rotatable bonds is 5. The highest BCUT2D eigenvalue weighted by atomic mass is 32.2. The molecule has 0 saturated carbocycles. The van der Waals surface area contributed by atoms with E-state index in [0.29, 0.717) is 16.2 Å². The van der Waals surface area contributed by atoms with Gasteiger partial charge in [-0.2, -0.15) is 0 Å². The molecule has 2 aromatic rings. The van der Waals surface area contributed by atoms with Crippen LogP contribution in [0, 0.1) is 6.92 Å². The zero-order chi connectivity index (χ0) is 15.6. The lowest BCUT2D eigenvalue weighted by Crippen LogP contribution is -2.05. The summed E-state index contributed by atoms with van der Waals surface area (Å²) >= 11 is 1.08. The Morgan fingerprint density at radius 1 is 1.33 bits per heavy atom. The summed E-state index contributed by atoms with van der Waals surface area (Å²) in [7, 11) is -2.08. The van der Waals surface area contributed by atoms with Gasteiger partial charge in [0, 0.05) is 4.88 Å². The SMILES string of the molecule is COc1cccc(S(=O)(=O)Cc2cc(C(=O)O)sc2C)c1. The second kappa shape index (κ2) is 5.87. The van der Waals surface area contributed by atoms with Crippen LogP contribution in [0.25, 0.3) is 0 Å². The first-order valence-electron chi connectivity index (χ1n) is 6.03. The van der Waals surface area contributed by atoms with Gasteiger partial charge in [-0.05, 0) is 36.8 Å². The lowest BCUT2D eigenvalue weighted by Gasteiger charge is -2.06. The molecule has 112 valence electrons. The largest absolute Gasteiger partial charge is 0.497 e. The van der Waals surface area contributed by atoms with Crippen molar-refractivity contribution in [3.63, 3.8) is 0 Å². The number of methoxy groups -OCH3 is 1. The molecule has 0 spiro atoms. The first-order valence-corrected chi connectivity index (χ1v) is 8.50. The minimum atomic E-state index is -3.55. The Hall–Kier alpha value is -1.86. The van der Waals surface area contributed by atoms with E-state index in [9.17, 15) is 13.2 Å². The van der Waals surface area contributed by atoms with Crippen molar-refractivity contribution in [3.8, 4) is 5.75 Å². The van der Waals surface area contributed by atoms with E-state index in [4.69, 9.17) is 9.84 Å². The standard InChI is InChI=1S/C14H14O5S2/c1-9-10(6-13(20-9)14(15)16)8-21(17,18)12-5-3-4-11(7-12)19-2/h3-7H,8H2,1-2H3,(H,15,16). The van der Waals surface area contributed by atoms with Crippen molar-refractivity contribution < 1.29 is 23.1 Å². The molecule has 1 heterocycles. The second-order valence-corrected chi connectivity index (χ2v) is 7.68. The van der Waals surface area contributed by atoms with E-state index in [1.54, 1.807) is 19.1 Å². The van der Waals surface area contributed by atoms with E-state index in [2.05, 4.69) is 0 Å². The van der Waals surface area contributed by atoms with Crippen LogP contribution < -0.4 is 4.74 Å². The fraction of sp³-hybridized carbons (Fsp3) is 0.214. The van der Waals surface area contributed by atoms with Crippen molar-refractivity contribution in [3.05, 3.63) is 45.6 Å². The quantitative estimate of drug-likeness (QED) is 0.914. The van der Waals surface area contributed by atoms with Gasteiger partial charge in [0.25, 0.3) is 0 Å². The van der Waals surface area contributed by atoms with Crippen molar-refractivity contribution in [2.75, 3.05) is 7.11 Å². The molecule has 1 N–H and O–H groups in total. The van der Waals surface area contributed by atoms with Crippen molar-refractivity contribution in [2.24, 2.45) is 0 Å². The summed E-state index contributed by atoms with van der Waals surface area (Å²) in [4.78, 5) is 11.9. The fourth-order valence-corrected chi connectivity index (χ4v) is 4.28. The van der Waals surface area contributed by atoms with Gasteiger partial charge in [0.05, 0.1) is 17.8 Å². The summed E-state index contributed by atoms with van der Waals surface area (Å²) < 4.78 is 29.8. The number of aromatic carboxylic acids is 1. The first kappa shape index (κ1) is 15.5. The molecule has 7 heteroatoms. The molecule has 1 aromatic carbocycles. The van der Waals surface area contributed by atoms with E-state index >= 15 is 0 Å². The smallest absolute Gasteiger partial charge is 0.345 e. The predicted octanol–water partition coefficient (Wildman–Crippen LogP) is 2.74. The summed E-state index contributed by atoms with van der Waals surface area (Å²) in [6.07, 6.45) is 0. The highest BCUT2D eigenvalue weighted by molar-refractivity contribution is 7.90. The van der Waals surface area contributed by atoms with Crippen LogP contribution in [0.1, 0.15) is 20.1 Å². The van der Waals surface area contributed by atoms with E-state index < -0.39 is 15.8 Å². The molecule has 1 aromatic heterocycles. The number of aryl methyl sites for hydroxylation is 1.